The Kier molecular flexibility index (Phi) is 3.66. The van der Waals surface area contributed by atoms with Crippen LogP contribution in [0.3, 0.4) is 0 Å². The molecule has 1 amide bonds. The molecular formula is C12H12BrN3O2. The van der Waals surface area contributed by atoms with Crippen LogP contribution in [0.25, 0.3) is 11.3 Å². The Bertz CT molecular complexity index is 598. The number of halogens is 1. The molecule has 0 bridgehead atoms. The number of carbonyl (C=O) groups is 1. The van der Waals surface area contributed by atoms with Gasteiger partial charge in [-0.3, -0.25) is 19.8 Å². The molecule has 0 aliphatic heterocycles. The normalized spacial score (nSPS) is 12.1. The predicted octanol–water partition coefficient (Wildman–Crippen LogP) is 2.09. The summed E-state index contributed by atoms with van der Waals surface area (Å²) in [5.41, 5.74) is 2.13. The zero-order valence-corrected chi connectivity index (χ0v) is 11.2. The number of aromatic amines is 2. The van der Waals surface area contributed by atoms with Crippen molar-refractivity contribution in [2.24, 2.45) is 0 Å². The van der Waals surface area contributed by atoms with Crippen LogP contribution in [0.4, 0.5) is 5.69 Å². The number of nitrogens with one attached hydrogen (secondary N) is 3. The fourth-order valence-electron chi connectivity index (χ4n) is 1.46. The van der Waals surface area contributed by atoms with Gasteiger partial charge in [-0.05, 0) is 24.6 Å². The van der Waals surface area contributed by atoms with Gasteiger partial charge >= 0.3 is 0 Å². The molecule has 1 atom stereocenters. The molecule has 0 aliphatic rings. The van der Waals surface area contributed by atoms with Gasteiger partial charge < -0.3 is 5.32 Å². The summed E-state index contributed by atoms with van der Waals surface area (Å²) in [6.07, 6.45) is 0. The van der Waals surface area contributed by atoms with Crippen molar-refractivity contribution in [3.63, 3.8) is 0 Å². The molecule has 94 valence electrons. The third kappa shape index (κ3) is 2.89. The molecule has 2 rings (SSSR count). The Labute approximate surface area is 112 Å². The van der Waals surface area contributed by atoms with Gasteiger partial charge in [0.05, 0.1) is 10.5 Å². The van der Waals surface area contributed by atoms with Gasteiger partial charge in [-0.2, -0.15) is 0 Å². The zero-order valence-electron chi connectivity index (χ0n) is 9.66. The molecule has 18 heavy (non-hydrogen) atoms. The number of anilines is 1. The van der Waals surface area contributed by atoms with Gasteiger partial charge in [0.2, 0.25) is 5.91 Å². The Balaban J connectivity index is 2.15. The molecule has 0 radical (unpaired) electrons. The molecule has 1 heterocycles. The molecule has 0 spiro atoms. The lowest BCUT2D eigenvalue weighted by Crippen LogP contribution is -2.19. The quantitative estimate of drug-likeness (QED) is 0.759. The first-order valence-corrected chi connectivity index (χ1v) is 6.31. The number of amides is 1. The van der Waals surface area contributed by atoms with E-state index in [0.717, 1.165) is 5.56 Å². The number of rotatable bonds is 3. The van der Waals surface area contributed by atoms with E-state index >= 15 is 0 Å². The number of H-pyrrole nitrogens is 2. The first-order chi connectivity index (χ1) is 8.56. The second-order valence-electron chi connectivity index (χ2n) is 3.85. The average molecular weight is 310 g/mol. The molecule has 0 saturated carbocycles. The summed E-state index contributed by atoms with van der Waals surface area (Å²) in [6, 6.07) is 8.71. The Hall–Kier alpha value is -1.82. The van der Waals surface area contributed by atoms with Crippen LogP contribution in [0.2, 0.25) is 0 Å². The van der Waals surface area contributed by atoms with Gasteiger partial charge in [0.1, 0.15) is 0 Å². The van der Waals surface area contributed by atoms with Gasteiger partial charge in [0, 0.05) is 11.8 Å². The molecular weight excluding hydrogens is 298 g/mol. The van der Waals surface area contributed by atoms with E-state index in [1.165, 1.54) is 6.07 Å². The third-order valence-electron chi connectivity index (χ3n) is 2.42. The van der Waals surface area contributed by atoms with Crippen molar-refractivity contribution in [1.82, 2.24) is 10.2 Å². The fraction of sp³-hybridized carbons (Fsp3) is 0.167. The maximum atomic E-state index is 11.5. The lowest BCUT2D eigenvalue weighted by Gasteiger charge is -2.07. The number of benzene rings is 1. The number of hydrogen-bond donors (Lipinski definition) is 3. The molecule has 1 aromatic carbocycles. The first-order valence-electron chi connectivity index (χ1n) is 5.39. The van der Waals surface area contributed by atoms with Crippen LogP contribution in [-0.4, -0.2) is 20.9 Å². The molecule has 5 nitrogen and oxygen atoms in total. The average Bonchev–Trinajstić information content (AvgIpc) is 2.76. The maximum absolute atomic E-state index is 11.5. The van der Waals surface area contributed by atoms with Crippen molar-refractivity contribution in [1.29, 1.82) is 0 Å². The SMILES string of the molecule is CC(Br)C(=O)Nc1ccc(-c2cc(=O)[nH][nH]2)cc1. The Morgan fingerprint density at radius 3 is 2.44 bits per heavy atom. The highest BCUT2D eigenvalue weighted by Crippen LogP contribution is 2.18. The predicted molar refractivity (Wildman–Crippen MR) is 73.9 cm³/mol. The van der Waals surface area contributed by atoms with Gasteiger partial charge in [0.25, 0.3) is 5.56 Å². The maximum Gasteiger partial charge on any atom is 0.264 e. The number of hydrogen-bond acceptors (Lipinski definition) is 2. The van der Waals surface area contributed by atoms with Crippen LogP contribution in [-0.2, 0) is 4.79 Å². The second-order valence-corrected chi connectivity index (χ2v) is 5.23. The van der Waals surface area contributed by atoms with E-state index in [-0.39, 0.29) is 16.3 Å². The Morgan fingerprint density at radius 1 is 1.28 bits per heavy atom. The van der Waals surface area contributed by atoms with Crippen molar-refractivity contribution in [2.45, 2.75) is 11.8 Å². The largest absolute Gasteiger partial charge is 0.325 e. The van der Waals surface area contributed by atoms with Crippen LogP contribution < -0.4 is 10.9 Å². The minimum Gasteiger partial charge on any atom is -0.325 e. The van der Waals surface area contributed by atoms with E-state index in [1.54, 1.807) is 19.1 Å². The molecule has 0 saturated heterocycles. The molecule has 0 fully saturated rings. The summed E-state index contributed by atoms with van der Waals surface area (Å²) in [7, 11) is 0. The van der Waals surface area contributed by atoms with Gasteiger partial charge in [-0.25, -0.2) is 0 Å². The van der Waals surface area contributed by atoms with Gasteiger partial charge in [-0.15, -0.1) is 0 Å². The van der Waals surface area contributed by atoms with Crippen LogP contribution in [0.5, 0.6) is 0 Å². The van der Waals surface area contributed by atoms with Crippen molar-refractivity contribution in [2.75, 3.05) is 5.32 Å². The van der Waals surface area contributed by atoms with E-state index in [9.17, 15) is 9.59 Å². The van der Waals surface area contributed by atoms with Crippen molar-refractivity contribution in [3.8, 4) is 11.3 Å². The molecule has 6 heteroatoms. The summed E-state index contributed by atoms with van der Waals surface area (Å²) in [6.45, 7) is 1.76. The number of aromatic nitrogens is 2. The lowest BCUT2D eigenvalue weighted by molar-refractivity contribution is -0.115. The summed E-state index contributed by atoms with van der Waals surface area (Å²) < 4.78 is 0. The molecule has 2 aromatic rings. The van der Waals surface area contributed by atoms with E-state index < -0.39 is 0 Å². The first kappa shape index (κ1) is 12.6. The number of alkyl halides is 1. The van der Waals surface area contributed by atoms with Gasteiger partial charge in [-0.1, -0.05) is 28.1 Å². The smallest absolute Gasteiger partial charge is 0.264 e. The molecule has 3 N–H and O–H groups in total. The summed E-state index contributed by atoms with van der Waals surface area (Å²) in [5.74, 6) is -0.0993. The van der Waals surface area contributed by atoms with E-state index in [0.29, 0.717) is 11.4 Å². The topological polar surface area (TPSA) is 77.8 Å². The van der Waals surface area contributed by atoms with Gasteiger partial charge in [0.15, 0.2) is 0 Å². The summed E-state index contributed by atoms with van der Waals surface area (Å²) in [4.78, 5) is 22.2. The van der Waals surface area contributed by atoms with Crippen LogP contribution in [0.1, 0.15) is 6.92 Å². The molecule has 1 unspecified atom stereocenters. The van der Waals surface area contributed by atoms with Crippen LogP contribution in [0.15, 0.2) is 35.1 Å². The summed E-state index contributed by atoms with van der Waals surface area (Å²) >= 11 is 3.20. The standard InChI is InChI=1S/C12H12BrN3O2/c1-7(13)12(18)14-9-4-2-8(3-5-9)10-6-11(17)16-15-10/h2-7H,1H3,(H,14,18)(H2,15,16,17). The van der Waals surface area contributed by atoms with E-state index in [1.807, 2.05) is 12.1 Å². The highest BCUT2D eigenvalue weighted by Gasteiger charge is 2.08. The lowest BCUT2D eigenvalue weighted by atomic mass is 10.1. The number of carbonyl (C=O) groups excluding carboxylic acids is 1. The minimum atomic E-state index is -0.238. The monoisotopic (exact) mass is 309 g/mol. The van der Waals surface area contributed by atoms with Crippen LogP contribution in [0, 0.1) is 0 Å². The fourth-order valence-corrected chi connectivity index (χ4v) is 1.58. The summed E-state index contributed by atoms with van der Waals surface area (Å²) in [5, 5.41) is 8.00. The highest BCUT2D eigenvalue weighted by molar-refractivity contribution is 9.10. The van der Waals surface area contributed by atoms with Crippen molar-refractivity contribution < 1.29 is 4.79 Å². The van der Waals surface area contributed by atoms with Crippen LogP contribution >= 0.6 is 15.9 Å². The molecule has 0 aliphatic carbocycles. The van der Waals surface area contributed by atoms with E-state index in [2.05, 4.69) is 31.4 Å². The molecule has 1 aromatic heterocycles. The third-order valence-corrected chi connectivity index (χ3v) is 2.84. The zero-order chi connectivity index (χ0) is 13.1. The van der Waals surface area contributed by atoms with Crippen molar-refractivity contribution in [3.05, 3.63) is 40.7 Å². The second kappa shape index (κ2) is 5.22. The van der Waals surface area contributed by atoms with E-state index in [4.69, 9.17) is 0 Å². The highest BCUT2D eigenvalue weighted by atomic mass is 79.9. The minimum absolute atomic E-state index is 0.0993. The van der Waals surface area contributed by atoms with Crippen molar-refractivity contribution >= 4 is 27.5 Å². The Morgan fingerprint density at radius 2 is 1.94 bits per heavy atom.